The second-order valence-electron chi connectivity index (χ2n) is 5.54. The quantitative estimate of drug-likeness (QED) is 0.846. The van der Waals surface area contributed by atoms with Crippen LogP contribution in [-0.2, 0) is 6.42 Å². The van der Waals surface area contributed by atoms with Gasteiger partial charge in [0.05, 0.1) is 0 Å². The number of hydrogen-bond donors (Lipinski definition) is 2. The van der Waals surface area contributed by atoms with Crippen LogP contribution in [0.5, 0.6) is 0 Å². The van der Waals surface area contributed by atoms with Crippen molar-refractivity contribution in [3.05, 3.63) is 35.9 Å². The van der Waals surface area contributed by atoms with Crippen LogP contribution in [0.15, 0.2) is 30.3 Å². The molecular formula is C17H29N3O. The molecule has 0 spiro atoms. The summed E-state index contributed by atoms with van der Waals surface area (Å²) in [5.41, 5.74) is 11.4. The molecule has 118 valence electrons. The molecule has 0 heterocycles. The predicted octanol–water partition coefficient (Wildman–Crippen LogP) is 2.76. The second kappa shape index (κ2) is 9.40. The summed E-state index contributed by atoms with van der Waals surface area (Å²) < 4.78 is 0. The molecule has 0 unspecified atom stereocenters. The molecule has 21 heavy (non-hydrogen) atoms. The summed E-state index contributed by atoms with van der Waals surface area (Å²) in [5, 5.41) is 0. The first-order valence-corrected chi connectivity index (χ1v) is 7.88. The molecule has 0 saturated heterocycles. The van der Waals surface area contributed by atoms with Crippen LogP contribution in [0, 0.1) is 5.92 Å². The van der Waals surface area contributed by atoms with Crippen LogP contribution in [0.1, 0.15) is 38.2 Å². The standard InChI is InChI=1S/C16H24N2O.CH5N/c1-2-15(11-13-7-4-3-5-8-13)18(16(17)19)12-14-9-6-10-14;1-2/h3-5,7-8,14-15H,2,6,9-12H2,1H3,(H2,17,19);2H2,1H3/t15-;/m1./s1. The molecule has 2 rings (SSSR count). The van der Waals surface area contributed by atoms with Crippen LogP contribution >= 0.6 is 0 Å². The minimum Gasteiger partial charge on any atom is -0.351 e. The minimum atomic E-state index is -0.269. The number of nitrogens with two attached hydrogens (primary N) is 2. The van der Waals surface area contributed by atoms with Crippen molar-refractivity contribution in [2.24, 2.45) is 17.4 Å². The van der Waals surface area contributed by atoms with Gasteiger partial charge in [0.25, 0.3) is 0 Å². The van der Waals surface area contributed by atoms with Crippen LogP contribution in [0.25, 0.3) is 0 Å². The second-order valence-corrected chi connectivity index (χ2v) is 5.54. The van der Waals surface area contributed by atoms with Gasteiger partial charge in [-0.05, 0) is 44.2 Å². The SMILES string of the molecule is CC[C@H](Cc1ccccc1)N(CC1CCC1)C(N)=O.CN. The minimum absolute atomic E-state index is 0.223. The molecule has 1 aromatic carbocycles. The van der Waals surface area contributed by atoms with Gasteiger partial charge in [-0.2, -0.15) is 0 Å². The van der Waals surface area contributed by atoms with Gasteiger partial charge in [-0.25, -0.2) is 4.79 Å². The molecular weight excluding hydrogens is 262 g/mol. The Morgan fingerprint density at radius 3 is 2.33 bits per heavy atom. The summed E-state index contributed by atoms with van der Waals surface area (Å²) >= 11 is 0. The first-order chi connectivity index (χ1) is 10.2. The molecule has 1 aromatic rings. The average Bonchev–Trinajstić information content (AvgIpc) is 2.47. The zero-order valence-corrected chi connectivity index (χ0v) is 13.3. The maximum Gasteiger partial charge on any atom is 0.315 e. The van der Waals surface area contributed by atoms with Crippen molar-refractivity contribution in [2.45, 2.75) is 45.1 Å². The molecule has 0 radical (unpaired) electrons. The molecule has 4 nitrogen and oxygen atoms in total. The summed E-state index contributed by atoms with van der Waals surface area (Å²) in [7, 11) is 1.50. The average molecular weight is 291 g/mol. The van der Waals surface area contributed by atoms with Crippen molar-refractivity contribution >= 4 is 6.03 Å². The van der Waals surface area contributed by atoms with E-state index in [0.717, 1.165) is 19.4 Å². The van der Waals surface area contributed by atoms with Crippen molar-refractivity contribution in [2.75, 3.05) is 13.6 Å². The van der Waals surface area contributed by atoms with E-state index in [-0.39, 0.29) is 12.1 Å². The lowest BCUT2D eigenvalue weighted by Gasteiger charge is -2.36. The van der Waals surface area contributed by atoms with E-state index in [1.54, 1.807) is 0 Å². The molecule has 1 aliphatic rings. The molecule has 1 aliphatic carbocycles. The van der Waals surface area contributed by atoms with Gasteiger partial charge in [0, 0.05) is 12.6 Å². The largest absolute Gasteiger partial charge is 0.351 e. The van der Waals surface area contributed by atoms with Gasteiger partial charge in [-0.1, -0.05) is 43.7 Å². The van der Waals surface area contributed by atoms with Crippen molar-refractivity contribution in [1.82, 2.24) is 4.90 Å². The maximum absolute atomic E-state index is 11.7. The van der Waals surface area contributed by atoms with E-state index in [1.165, 1.54) is 31.9 Å². The summed E-state index contributed by atoms with van der Waals surface area (Å²) in [6.45, 7) is 2.96. The van der Waals surface area contributed by atoms with E-state index in [2.05, 4.69) is 24.8 Å². The topological polar surface area (TPSA) is 72.3 Å². The lowest BCUT2D eigenvalue weighted by Crippen LogP contribution is -2.47. The van der Waals surface area contributed by atoms with Gasteiger partial charge < -0.3 is 16.4 Å². The number of primary amides is 1. The Hall–Kier alpha value is -1.55. The predicted molar refractivity (Wildman–Crippen MR) is 88.0 cm³/mol. The molecule has 4 N–H and O–H groups in total. The van der Waals surface area contributed by atoms with E-state index in [0.29, 0.717) is 5.92 Å². The van der Waals surface area contributed by atoms with Gasteiger partial charge in [0.2, 0.25) is 0 Å². The highest BCUT2D eigenvalue weighted by Crippen LogP contribution is 2.28. The zero-order chi connectivity index (χ0) is 15.7. The van der Waals surface area contributed by atoms with Crippen LogP contribution in [0.3, 0.4) is 0 Å². The van der Waals surface area contributed by atoms with Crippen LogP contribution < -0.4 is 11.5 Å². The van der Waals surface area contributed by atoms with Crippen LogP contribution in [0.4, 0.5) is 4.79 Å². The fraction of sp³-hybridized carbons (Fsp3) is 0.588. The number of carbonyl (C=O) groups excluding carboxylic acids is 1. The van der Waals surface area contributed by atoms with E-state index >= 15 is 0 Å². The number of benzene rings is 1. The maximum atomic E-state index is 11.7. The number of carbonyl (C=O) groups is 1. The smallest absolute Gasteiger partial charge is 0.315 e. The van der Waals surface area contributed by atoms with Gasteiger partial charge >= 0.3 is 6.03 Å². The van der Waals surface area contributed by atoms with Gasteiger partial charge in [-0.15, -0.1) is 0 Å². The fourth-order valence-corrected chi connectivity index (χ4v) is 2.73. The Balaban J connectivity index is 0.00000106. The highest BCUT2D eigenvalue weighted by molar-refractivity contribution is 5.72. The van der Waals surface area contributed by atoms with Crippen molar-refractivity contribution in [3.8, 4) is 0 Å². The Bertz CT molecular complexity index is 404. The highest BCUT2D eigenvalue weighted by atomic mass is 16.2. The molecule has 1 fully saturated rings. The van der Waals surface area contributed by atoms with Crippen molar-refractivity contribution in [3.63, 3.8) is 0 Å². The summed E-state index contributed by atoms with van der Waals surface area (Å²) in [4.78, 5) is 13.6. The first-order valence-electron chi connectivity index (χ1n) is 7.88. The lowest BCUT2D eigenvalue weighted by atomic mass is 9.84. The Morgan fingerprint density at radius 1 is 1.29 bits per heavy atom. The number of urea groups is 1. The van der Waals surface area contributed by atoms with Crippen LogP contribution in [0.2, 0.25) is 0 Å². The summed E-state index contributed by atoms with van der Waals surface area (Å²) in [6, 6.07) is 10.3. The number of nitrogens with zero attached hydrogens (tertiary/aromatic N) is 1. The summed E-state index contributed by atoms with van der Waals surface area (Å²) in [6.07, 6.45) is 5.63. The normalized spacial score (nSPS) is 15.4. The molecule has 0 aliphatic heterocycles. The first kappa shape index (κ1) is 17.5. The third-order valence-corrected chi connectivity index (χ3v) is 4.19. The van der Waals surface area contributed by atoms with Crippen LogP contribution in [-0.4, -0.2) is 30.6 Å². The Labute approximate surface area is 128 Å². The van der Waals surface area contributed by atoms with Gasteiger partial charge in [0.15, 0.2) is 0 Å². The highest BCUT2D eigenvalue weighted by Gasteiger charge is 2.27. The monoisotopic (exact) mass is 291 g/mol. The third kappa shape index (κ3) is 5.38. The zero-order valence-electron chi connectivity index (χ0n) is 13.3. The van der Waals surface area contributed by atoms with Gasteiger partial charge in [-0.3, -0.25) is 0 Å². The number of hydrogen-bond acceptors (Lipinski definition) is 2. The Morgan fingerprint density at radius 2 is 1.90 bits per heavy atom. The molecule has 1 saturated carbocycles. The number of amides is 2. The van der Waals surface area contributed by atoms with E-state index in [4.69, 9.17) is 5.73 Å². The molecule has 1 atom stereocenters. The fourth-order valence-electron chi connectivity index (χ4n) is 2.73. The Kier molecular flexibility index (Phi) is 7.83. The lowest BCUT2D eigenvalue weighted by molar-refractivity contribution is 0.145. The molecule has 2 amide bonds. The van der Waals surface area contributed by atoms with E-state index in [9.17, 15) is 4.79 Å². The van der Waals surface area contributed by atoms with Crippen molar-refractivity contribution < 1.29 is 4.79 Å². The molecule has 0 aromatic heterocycles. The van der Waals surface area contributed by atoms with Crippen molar-refractivity contribution in [1.29, 1.82) is 0 Å². The van der Waals surface area contributed by atoms with E-state index < -0.39 is 0 Å². The van der Waals surface area contributed by atoms with Gasteiger partial charge in [0.1, 0.15) is 0 Å². The molecule has 0 bridgehead atoms. The van der Waals surface area contributed by atoms with E-state index in [1.807, 2.05) is 23.1 Å². The molecule has 4 heteroatoms. The number of rotatable bonds is 6. The third-order valence-electron chi connectivity index (χ3n) is 4.19. The summed E-state index contributed by atoms with van der Waals surface area (Å²) in [5.74, 6) is 0.664.